The third kappa shape index (κ3) is 2.99. The number of benzene rings is 1. The minimum absolute atomic E-state index is 0.0904. The molecule has 0 aliphatic rings. The first-order valence-corrected chi connectivity index (χ1v) is 5.17. The van der Waals surface area contributed by atoms with E-state index < -0.39 is 17.7 Å². The van der Waals surface area contributed by atoms with Crippen LogP contribution in [0.5, 0.6) is 0 Å². The third-order valence-corrected chi connectivity index (χ3v) is 2.76. The fourth-order valence-corrected chi connectivity index (χ4v) is 1.40. The predicted octanol–water partition coefficient (Wildman–Crippen LogP) is 2.91. The van der Waals surface area contributed by atoms with Gasteiger partial charge in [0.05, 0.1) is 6.10 Å². The Bertz CT molecular complexity index is 325. The van der Waals surface area contributed by atoms with Gasteiger partial charge in [0.1, 0.15) is 0 Å². The van der Waals surface area contributed by atoms with Crippen molar-refractivity contribution in [3.63, 3.8) is 0 Å². The summed E-state index contributed by atoms with van der Waals surface area (Å²) in [6.45, 7) is 3.84. The Hall–Kier alpha value is -0.960. The van der Waals surface area contributed by atoms with Gasteiger partial charge in [-0.15, -0.1) is 0 Å². The van der Waals surface area contributed by atoms with Crippen LogP contribution in [0.1, 0.15) is 25.8 Å². The van der Waals surface area contributed by atoms with Gasteiger partial charge >= 0.3 is 0 Å². The smallest absolute Gasteiger partial charge is 0.162 e. The lowest BCUT2D eigenvalue weighted by molar-refractivity contribution is 0.113. The van der Waals surface area contributed by atoms with E-state index in [0.29, 0.717) is 0 Å². The molecule has 0 amide bonds. The second-order valence-electron chi connectivity index (χ2n) is 3.87. The summed E-state index contributed by atoms with van der Waals surface area (Å²) in [5.41, 5.74) is 0.239. The molecular formula is C12H16F2O. The second-order valence-corrected chi connectivity index (χ2v) is 3.87. The Labute approximate surface area is 88.7 Å². The van der Waals surface area contributed by atoms with Crippen molar-refractivity contribution in [2.75, 3.05) is 0 Å². The maximum atomic E-state index is 13.2. The van der Waals surface area contributed by atoms with E-state index in [4.69, 9.17) is 0 Å². The number of halogens is 2. The highest BCUT2D eigenvalue weighted by atomic mass is 19.2. The molecule has 3 heteroatoms. The van der Waals surface area contributed by atoms with Crippen molar-refractivity contribution < 1.29 is 13.9 Å². The topological polar surface area (TPSA) is 20.2 Å². The molecule has 2 atom stereocenters. The van der Waals surface area contributed by atoms with Gasteiger partial charge in [-0.1, -0.05) is 32.4 Å². The number of aliphatic hydroxyl groups excluding tert-OH is 1. The molecule has 0 radical (unpaired) electrons. The molecule has 1 rings (SSSR count). The monoisotopic (exact) mass is 214 g/mol. The highest BCUT2D eigenvalue weighted by molar-refractivity contribution is 5.19. The lowest BCUT2D eigenvalue weighted by Crippen LogP contribution is -2.20. The van der Waals surface area contributed by atoms with Crippen LogP contribution in [0.15, 0.2) is 18.2 Å². The van der Waals surface area contributed by atoms with Gasteiger partial charge in [0.2, 0.25) is 0 Å². The minimum atomic E-state index is -0.858. The molecule has 0 aromatic heterocycles. The summed E-state index contributed by atoms with van der Waals surface area (Å²) in [5, 5.41) is 9.70. The largest absolute Gasteiger partial charge is 0.393 e. The van der Waals surface area contributed by atoms with Crippen molar-refractivity contribution in [1.82, 2.24) is 0 Å². The van der Waals surface area contributed by atoms with Gasteiger partial charge in [0.15, 0.2) is 11.6 Å². The van der Waals surface area contributed by atoms with Crippen molar-refractivity contribution in [3.05, 3.63) is 35.4 Å². The first-order valence-electron chi connectivity index (χ1n) is 5.17. The van der Waals surface area contributed by atoms with Crippen LogP contribution in [0, 0.1) is 17.6 Å². The molecule has 0 saturated heterocycles. The van der Waals surface area contributed by atoms with Gasteiger partial charge in [-0.05, 0) is 17.5 Å². The van der Waals surface area contributed by atoms with Crippen LogP contribution in [0.2, 0.25) is 0 Å². The maximum absolute atomic E-state index is 13.2. The van der Waals surface area contributed by atoms with Gasteiger partial charge < -0.3 is 5.11 Å². The zero-order valence-electron chi connectivity index (χ0n) is 9.00. The summed E-state index contributed by atoms with van der Waals surface area (Å²) in [7, 11) is 0. The van der Waals surface area contributed by atoms with Crippen molar-refractivity contribution >= 4 is 0 Å². The van der Waals surface area contributed by atoms with Crippen LogP contribution in [0.25, 0.3) is 0 Å². The molecule has 1 aromatic carbocycles. The van der Waals surface area contributed by atoms with Crippen molar-refractivity contribution in [2.45, 2.75) is 32.8 Å². The molecule has 84 valence electrons. The Morgan fingerprint density at radius 2 is 2.00 bits per heavy atom. The molecule has 0 aliphatic heterocycles. The van der Waals surface area contributed by atoms with Crippen LogP contribution in [0.3, 0.4) is 0 Å². The molecule has 0 bridgehead atoms. The molecule has 1 N–H and O–H groups in total. The maximum Gasteiger partial charge on any atom is 0.162 e. The van der Waals surface area contributed by atoms with E-state index in [1.165, 1.54) is 12.1 Å². The molecule has 0 saturated carbocycles. The molecule has 0 spiro atoms. The van der Waals surface area contributed by atoms with Gasteiger partial charge in [0.25, 0.3) is 0 Å². The van der Waals surface area contributed by atoms with E-state index in [1.54, 1.807) is 0 Å². The number of hydrogen-bond acceptors (Lipinski definition) is 1. The summed E-state index contributed by atoms with van der Waals surface area (Å²) in [5.74, 6) is -1.61. The zero-order valence-corrected chi connectivity index (χ0v) is 9.00. The lowest BCUT2D eigenvalue weighted by atomic mass is 9.95. The van der Waals surface area contributed by atoms with Crippen LogP contribution < -0.4 is 0 Å². The molecule has 15 heavy (non-hydrogen) atoms. The summed E-state index contributed by atoms with van der Waals surface area (Å²) >= 11 is 0. The molecule has 0 heterocycles. The Morgan fingerprint density at radius 1 is 1.33 bits per heavy atom. The van der Waals surface area contributed by atoms with Gasteiger partial charge in [-0.2, -0.15) is 0 Å². The Kier molecular flexibility index (Phi) is 4.21. The number of rotatable bonds is 4. The molecule has 0 fully saturated rings. The SMILES string of the molecule is CCC(C)C(O)Cc1cccc(F)c1F. The highest BCUT2D eigenvalue weighted by Gasteiger charge is 2.16. The summed E-state index contributed by atoms with van der Waals surface area (Å²) in [6.07, 6.45) is 0.364. The van der Waals surface area contributed by atoms with Gasteiger partial charge in [-0.25, -0.2) is 8.78 Å². The van der Waals surface area contributed by atoms with E-state index in [0.717, 1.165) is 12.5 Å². The van der Waals surface area contributed by atoms with Crippen LogP contribution in [-0.4, -0.2) is 11.2 Å². The van der Waals surface area contributed by atoms with E-state index in [9.17, 15) is 13.9 Å². The fraction of sp³-hybridized carbons (Fsp3) is 0.500. The predicted molar refractivity (Wildman–Crippen MR) is 55.5 cm³/mol. The zero-order chi connectivity index (χ0) is 11.4. The lowest BCUT2D eigenvalue weighted by Gasteiger charge is -2.17. The van der Waals surface area contributed by atoms with E-state index in [1.807, 2.05) is 13.8 Å². The van der Waals surface area contributed by atoms with Crippen LogP contribution >= 0.6 is 0 Å². The Morgan fingerprint density at radius 3 is 2.60 bits per heavy atom. The summed E-state index contributed by atoms with van der Waals surface area (Å²) in [6, 6.07) is 4.04. The van der Waals surface area contributed by atoms with Crippen molar-refractivity contribution in [2.24, 2.45) is 5.92 Å². The second kappa shape index (κ2) is 5.21. The normalized spacial score (nSPS) is 15.0. The number of aliphatic hydroxyl groups is 1. The molecule has 2 unspecified atom stereocenters. The standard InChI is InChI=1S/C12H16F2O/c1-3-8(2)11(15)7-9-5-4-6-10(13)12(9)14/h4-6,8,11,15H,3,7H2,1-2H3. The third-order valence-electron chi connectivity index (χ3n) is 2.76. The molecule has 1 aromatic rings. The average molecular weight is 214 g/mol. The van der Waals surface area contributed by atoms with Gasteiger partial charge in [0, 0.05) is 6.42 Å². The average Bonchev–Trinajstić information content (AvgIpc) is 2.23. The van der Waals surface area contributed by atoms with Gasteiger partial charge in [-0.3, -0.25) is 0 Å². The molecular weight excluding hydrogens is 198 g/mol. The molecule has 1 nitrogen and oxygen atoms in total. The minimum Gasteiger partial charge on any atom is -0.393 e. The number of hydrogen-bond donors (Lipinski definition) is 1. The molecule has 0 aliphatic carbocycles. The van der Waals surface area contributed by atoms with Crippen molar-refractivity contribution in [3.8, 4) is 0 Å². The Balaban J connectivity index is 2.76. The van der Waals surface area contributed by atoms with E-state index in [2.05, 4.69) is 0 Å². The van der Waals surface area contributed by atoms with Crippen LogP contribution in [0.4, 0.5) is 8.78 Å². The summed E-state index contributed by atoms with van der Waals surface area (Å²) < 4.78 is 26.1. The first-order chi connectivity index (χ1) is 7.06. The first kappa shape index (κ1) is 12.1. The quantitative estimate of drug-likeness (QED) is 0.817. The fourth-order valence-electron chi connectivity index (χ4n) is 1.40. The van der Waals surface area contributed by atoms with E-state index >= 15 is 0 Å². The summed E-state index contributed by atoms with van der Waals surface area (Å²) in [4.78, 5) is 0. The van der Waals surface area contributed by atoms with Crippen LogP contribution in [-0.2, 0) is 6.42 Å². The van der Waals surface area contributed by atoms with E-state index in [-0.39, 0.29) is 17.9 Å². The van der Waals surface area contributed by atoms with Crippen molar-refractivity contribution in [1.29, 1.82) is 0 Å². The highest BCUT2D eigenvalue weighted by Crippen LogP contribution is 2.17.